The molecule has 0 amide bonds. The molecule has 0 unspecified atom stereocenters. The summed E-state index contributed by atoms with van der Waals surface area (Å²) < 4.78 is 12.7. The first-order valence-corrected chi connectivity index (χ1v) is 6.69. The van der Waals surface area contributed by atoms with Crippen LogP contribution in [-0.2, 0) is 9.47 Å². The fourth-order valence-electron chi connectivity index (χ4n) is 2.49. The lowest BCUT2D eigenvalue weighted by atomic mass is 10.0. The summed E-state index contributed by atoms with van der Waals surface area (Å²) in [6.45, 7) is 5.72. The average Bonchev–Trinajstić information content (AvgIpc) is 2.72. The quantitative estimate of drug-likeness (QED) is 0.797. The molecule has 0 aromatic carbocycles. The van der Waals surface area contributed by atoms with Crippen molar-refractivity contribution < 1.29 is 14.6 Å². The molecule has 2 heterocycles. The zero-order valence-corrected chi connectivity index (χ0v) is 11.8. The Balaban J connectivity index is 2.42. The van der Waals surface area contributed by atoms with Crippen LogP contribution in [0.2, 0.25) is 0 Å². The smallest absolute Gasteiger partial charge is 0.330 e. The predicted octanol–water partition coefficient (Wildman–Crippen LogP) is -0.224. The normalized spacial score (nSPS) is 29.8. The molecule has 2 rings (SSSR count). The highest BCUT2D eigenvalue weighted by Gasteiger charge is 2.43. The molecule has 1 fully saturated rings. The van der Waals surface area contributed by atoms with E-state index in [9.17, 15) is 14.7 Å². The highest BCUT2D eigenvalue weighted by Crippen LogP contribution is 2.34. The van der Waals surface area contributed by atoms with Gasteiger partial charge in [0.15, 0.2) is 6.23 Å². The largest absolute Gasteiger partial charge is 0.394 e. The lowest BCUT2D eigenvalue weighted by Gasteiger charge is -2.22. The Morgan fingerprint density at radius 2 is 2.20 bits per heavy atom. The summed E-state index contributed by atoms with van der Waals surface area (Å²) in [5, 5.41) is 9.33. The Labute approximate surface area is 116 Å². The minimum absolute atomic E-state index is 0.0518. The van der Waals surface area contributed by atoms with Gasteiger partial charge in [-0.1, -0.05) is 6.92 Å². The maximum Gasteiger partial charge on any atom is 0.330 e. The first-order valence-electron chi connectivity index (χ1n) is 6.69. The monoisotopic (exact) mass is 284 g/mol. The summed E-state index contributed by atoms with van der Waals surface area (Å²) in [5.41, 5.74) is -0.534. The molecule has 0 spiro atoms. The highest BCUT2D eigenvalue weighted by atomic mass is 16.6. The van der Waals surface area contributed by atoms with Gasteiger partial charge in [0.2, 0.25) is 0 Å². The van der Waals surface area contributed by atoms with E-state index in [-0.39, 0.29) is 18.6 Å². The van der Waals surface area contributed by atoms with Crippen LogP contribution in [0.4, 0.5) is 0 Å². The van der Waals surface area contributed by atoms with Gasteiger partial charge in [0.05, 0.1) is 12.7 Å². The Hall–Kier alpha value is -1.44. The van der Waals surface area contributed by atoms with Gasteiger partial charge in [0, 0.05) is 24.3 Å². The number of ether oxygens (including phenoxy) is 2. The van der Waals surface area contributed by atoms with Crippen LogP contribution >= 0.6 is 0 Å². The average molecular weight is 284 g/mol. The van der Waals surface area contributed by atoms with Gasteiger partial charge in [-0.25, -0.2) is 4.79 Å². The van der Waals surface area contributed by atoms with Crippen molar-refractivity contribution in [1.29, 1.82) is 0 Å². The van der Waals surface area contributed by atoms with Crippen LogP contribution in [-0.4, -0.2) is 40.1 Å². The zero-order chi connectivity index (χ0) is 14.9. The van der Waals surface area contributed by atoms with E-state index in [1.165, 1.54) is 10.8 Å². The van der Waals surface area contributed by atoms with Crippen molar-refractivity contribution in [3.05, 3.63) is 32.6 Å². The molecule has 112 valence electrons. The van der Waals surface area contributed by atoms with Crippen LogP contribution in [0, 0.1) is 12.8 Å². The second-order valence-corrected chi connectivity index (χ2v) is 5.01. The van der Waals surface area contributed by atoms with Crippen molar-refractivity contribution in [3.8, 4) is 0 Å². The van der Waals surface area contributed by atoms with E-state index in [1.807, 2.05) is 13.8 Å². The number of aliphatic hydroxyl groups excluding tert-OH is 1. The highest BCUT2D eigenvalue weighted by molar-refractivity contribution is 5.03. The van der Waals surface area contributed by atoms with E-state index in [2.05, 4.69) is 4.98 Å². The first kappa shape index (κ1) is 15.0. The number of nitrogens with zero attached hydrogens (tertiary/aromatic N) is 1. The SMILES string of the molecule is CCO[C@@H]1[C@H](C)[C@@H](CO)O[C@H]1n1cc(C)c(=O)[nH]c1=O. The van der Waals surface area contributed by atoms with Gasteiger partial charge in [-0.05, 0) is 13.8 Å². The molecule has 2 N–H and O–H groups in total. The van der Waals surface area contributed by atoms with E-state index in [1.54, 1.807) is 6.92 Å². The number of H-pyrrole nitrogens is 1. The molecule has 1 aromatic rings. The fourth-order valence-corrected chi connectivity index (χ4v) is 2.49. The predicted molar refractivity (Wildman–Crippen MR) is 71.6 cm³/mol. The number of rotatable bonds is 4. The molecule has 1 aliphatic heterocycles. The number of aryl methyl sites for hydroxylation is 1. The summed E-state index contributed by atoms with van der Waals surface area (Å²) in [4.78, 5) is 25.6. The van der Waals surface area contributed by atoms with Gasteiger partial charge in [-0.15, -0.1) is 0 Å². The van der Waals surface area contributed by atoms with Gasteiger partial charge < -0.3 is 14.6 Å². The molecular weight excluding hydrogens is 264 g/mol. The molecule has 4 atom stereocenters. The molecule has 0 saturated carbocycles. The van der Waals surface area contributed by atoms with Gasteiger partial charge in [-0.3, -0.25) is 14.3 Å². The summed E-state index contributed by atoms with van der Waals surface area (Å²) in [5.74, 6) is -0.0518. The van der Waals surface area contributed by atoms with Gasteiger partial charge in [0.25, 0.3) is 5.56 Å². The maximum absolute atomic E-state index is 11.9. The molecule has 7 heteroatoms. The zero-order valence-electron chi connectivity index (χ0n) is 11.8. The van der Waals surface area contributed by atoms with Crippen molar-refractivity contribution >= 4 is 0 Å². The van der Waals surface area contributed by atoms with E-state index < -0.39 is 23.6 Å². The number of nitrogens with one attached hydrogen (secondary N) is 1. The van der Waals surface area contributed by atoms with E-state index in [0.717, 1.165) is 0 Å². The number of aromatic amines is 1. The number of hydrogen-bond donors (Lipinski definition) is 2. The van der Waals surface area contributed by atoms with E-state index in [4.69, 9.17) is 9.47 Å². The third kappa shape index (κ3) is 2.56. The second-order valence-electron chi connectivity index (χ2n) is 5.01. The second kappa shape index (κ2) is 5.90. The van der Waals surface area contributed by atoms with Crippen molar-refractivity contribution in [2.45, 2.75) is 39.2 Å². The molecule has 0 aliphatic carbocycles. The topological polar surface area (TPSA) is 93.5 Å². The lowest BCUT2D eigenvalue weighted by molar-refractivity contribution is -0.0709. The molecule has 1 aromatic heterocycles. The molecule has 0 radical (unpaired) electrons. The molecule has 1 saturated heterocycles. The Kier molecular flexibility index (Phi) is 4.42. The van der Waals surface area contributed by atoms with Crippen LogP contribution in [0.25, 0.3) is 0 Å². The maximum atomic E-state index is 11.9. The van der Waals surface area contributed by atoms with Crippen molar-refractivity contribution in [2.24, 2.45) is 5.92 Å². The van der Waals surface area contributed by atoms with Crippen LogP contribution < -0.4 is 11.2 Å². The number of aliphatic hydroxyl groups is 1. The van der Waals surface area contributed by atoms with Crippen LogP contribution in [0.1, 0.15) is 25.6 Å². The summed E-state index contributed by atoms with van der Waals surface area (Å²) >= 11 is 0. The Bertz CT molecular complexity index is 579. The summed E-state index contributed by atoms with van der Waals surface area (Å²) in [6.07, 6.45) is 0.0747. The minimum Gasteiger partial charge on any atom is -0.394 e. The summed E-state index contributed by atoms with van der Waals surface area (Å²) in [6, 6.07) is 0. The van der Waals surface area contributed by atoms with Crippen molar-refractivity contribution in [3.63, 3.8) is 0 Å². The van der Waals surface area contributed by atoms with Gasteiger partial charge in [0.1, 0.15) is 6.10 Å². The molecule has 7 nitrogen and oxygen atoms in total. The van der Waals surface area contributed by atoms with E-state index in [0.29, 0.717) is 12.2 Å². The molecular formula is C13H20N2O5. The van der Waals surface area contributed by atoms with Crippen molar-refractivity contribution in [2.75, 3.05) is 13.2 Å². The molecule has 1 aliphatic rings. The third-order valence-corrected chi connectivity index (χ3v) is 3.66. The first-order chi connectivity index (χ1) is 9.49. The molecule has 0 bridgehead atoms. The van der Waals surface area contributed by atoms with Crippen LogP contribution in [0.3, 0.4) is 0 Å². The Morgan fingerprint density at radius 1 is 1.50 bits per heavy atom. The molecule has 20 heavy (non-hydrogen) atoms. The van der Waals surface area contributed by atoms with E-state index >= 15 is 0 Å². The third-order valence-electron chi connectivity index (χ3n) is 3.66. The van der Waals surface area contributed by atoms with Crippen molar-refractivity contribution in [1.82, 2.24) is 9.55 Å². The van der Waals surface area contributed by atoms with Crippen LogP contribution in [0.15, 0.2) is 15.8 Å². The number of aromatic nitrogens is 2. The summed E-state index contributed by atoms with van der Waals surface area (Å²) in [7, 11) is 0. The lowest BCUT2D eigenvalue weighted by Crippen LogP contribution is -2.38. The van der Waals surface area contributed by atoms with Crippen LogP contribution in [0.5, 0.6) is 0 Å². The standard InChI is InChI=1S/C13H20N2O5/c1-4-19-10-8(3)9(6-16)20-12(10)15-5-7(2)11(17)14-13(15)18/h5,8-10,12,16H,4,6H2,1-3H3,(H,14,17,18)/t8-,9-,10-,12-/m1/s1. The Morgan fingerprint density at radius 3 is 2.80 bits per heavy atom. The number of hydrogen-bond acceptors (Lipinski definition) is 5. The fraction of sp³-hybridized carbons (Fsp3) is 0.692. The van der Waals surface area contributed by atoms with Gasteiger partial charge in [-0.2, -0.15) is 0 Å². The minimum atomic E-state index is -0.648. The van der Waals surface area contributed by atoms with Gasteiger partial charge >= 0.3 is 5.69 Å².